The van der Waals surface area contributed by atoms with Gasteiger partial charge in [0, 0.05) is 25.8 Å². The fourth-order valence-corrected chi connectivity index (χ4v) is 2.20. The lowest BCUT2D eigenvalue weighted by atomic mass is 9.82. The summed E-state index contributed by atoms with van der Waals surface area (Å²) in [5.74, 6) is -2.31. The summed E-state index contributed by atoms with van der Waals surface area (Å²) in [6.07, 6.45) is 1.54. The van der Waals surface area contributed by atoms with E-state index in [-0.39, 0.29) is 11.1 Å². The Hall–Kier alpha value is -1.76. The molecule has 1 fully saturated rings. The Morgan fingerprint density at radius 3 is 2.65 bits per heavy atom. The minimum absolute atomic E-state index is 0.148. The molecule has 0 amide bonds. The number of nitro benzene ring substituents is 1. The van der Waals surface area contributed by atoms with Gasteiger partial charge in [-0.2, -0.15) is 0 Å². The first kappa shape index (κ1) is 14.6. The maximum absolute atomic E-state index is 13.7. The number of rotatable bonds is 4. The highest BCUT2D eigenvalue weighted by Gasteiger charge is 2.29. The molecule has 110 valence electrons. The van der Waals surface area contributed by atoms with Crippen molar-refractivity contribution in [2.45, 2.75) is 19.8 Å². The lowest BCUT2D eigenvalue weighted by Crippen LogP contribution is -2.33. The van der Waals surface area contributed by atoms with Gasteiger partial charge in [-0.3, -0.25) is 10.1 Å². The van der Waals surface area contributed by atoms with Crippen molar-refractivity contribution in [3.63, 3.8) is 0 Å². The van der Waals surface area contributed by atoms with Gasteiger partial charge in [-0.15, -0.1) is 0 Å². The summed E-state index contributed by atoms with van der Waals surface area (Å²) in [5.41, 5.74) is -0.993. The molecule has 1 N–H and O–H groups in total. The third-order valence-corrected chi connectivity index (χ3v) is 3.66. The van der Waals surface area contributed by atoms with Gasteiger partial charge in [-0.1, -0.05) is 6.92 Å². The average molecular weight is 286 g/mol. The lowest BCUT2D eigenvalue weighted by Gasteiger charge is -2.33. The number of hydrogen-bond acceptors (Lipinski definition) is 4. The molecule has 1 saturated heterocycles. The summed E-state index contributed by atoms with van der Waals surface area (Å²) in [4.78, 5) is 10.1. The zero-order valence-corrected chi connectivity index (χ0v) is 11.1. The molecule has 1 heterocycles. The Kier molecular flexibility index (Phi) is 4.17. The van der Waals surface area contributed by atoms with Crippen LogP contribution in [0.1, 0.15) is 19.8 Å². The molecule has 5 nitrogen and oxygen atoms in total. The van der Waals surface area contributed by atoms with E-state index < -0.39 is 22.2 Å². The van der Waals surface area contributed by atoms with Gasteiger partial charge in [0.25, 0.3) is 5.69 Å². The van der Waals surface area contributed by atoms with E-state index in [9.17, 15) is 18.9 Å². The van der Waals surface area contributed by atoms with Gasteiger partial charge < -0.3 is 10.1 Å². The van der Waals surface area contributed by atoms with Crippen molar-refractivity contribution < 1.29 is 18.4 Å². The number of nitro groups is 1. The second kappa shape index (κ2) is 5.70. The molecule has 7 heteroatoms. The maximum Gasteiger partial charge on any atom is 0.295 e. The highest BCUT2D eigenvalue weighted by molar-refractivity contribution is 5.62. The quantitative estimate of drug-likeness (QED) is 0.682. The smallest absolute Gasteiger partial charge is 0.295 e. The number of benzene rings is 1. The van der Waals surface area contributed by atoms with E-state index in [1.807, 2.05) is 6.92 Å². The van der Waals surface area contributed by atoms with E-state index in [1.54, 1.807) is 0 Å². The van der Waals surface area contributed by atoms with Crippen LogP contribution in [0.5, 0.6) is 0 Å². The first-order valence-corrected chi connectivity index (χ1v) is 6.37. The van der Waals surface area contributed by atoms with E-state index in [4.69, 9.17) is 4.74 Å². The Balaban J connectivity index is 2.20. The summed E-state index contributed by atoms with van der Waals surface area (Å²) >= 11 is 0. The normalized spacial score (nSPS) is 17.8. The number of nitrogens with one attached hydrogen (secondary N) is 1. The van der Waals surface area contributed by atoms with E-state index in [1.165, 1.54) is 0 Å². The summed E-state index contributed by atoms with van der Waals surface area (Å²) < 4.78 is 32.2. The van der Waals surface area contributed by atoms with Gasteiger partial charge in [0.15, 0.2) is 17.3 Å². The largest absolute Gasteiger partial charge is 0.381 e. The molecule has 1 aromatic carbocycles. The number of nitrogens with zero attached hydrogens (tertiary/aromatic N) is 1. The second-order valence-corrected chi connectivity index (χ2v) is 5.29. The molecule has 1 aromatic rings. The number of ether oxygens (including phenoxy) is 1. The molecular weight excluding hydrogens is 270 g/mol. The van der Waals surface area contributed by atoms with E-state index in [0.717, 1.165) is 25.0 Å². The van der Waals surface area contributed by atoms with Gasteiger partial charge in [-0.25, -0.2) is 8.78 Å². The molecule has 0 bridgehead atoms. The zero-order valence-electron chi connectivity index (χ0n) is 11.1. The van der Waals surface area contributed by atoms with Crippen LogP contribution in [0.25, 0.3) is 0 Å². The Morgan fingerprint density at radius 2 is 2.05 bits per heavy atom. The molecule has 0 spiro atoms. The van der Waals surface area contributed by atoms with Crippen LogP contribution in [-0.4, -0.2) is 24.7 Å². The molecular formula is C13H16F2N2O3. The van der Waals surface area contributed by atoms with Crippen molar-refractivity contribution in [1.29, 1.82) is 0 Å². The molecule has 2 rings (SSSR count). The van der Waals surface area contributed by atoms with Crippen molar-refractivity contribution in [2.75, 3.05) is 25.1 Å². The molecule has 0 unspecified atom stereocenters. The summed E-state index contributed by atoms with van der Waals surface area (Å²) in [6.45, 7) is 3.53. The molecule has 0 atom stereocenters. The third kappa shape index (κ3) is 3.04. The predicted molar refractivity (Wildman–Crippen MR) is 69.7 cm³/mol. The van der Waals surface area contributed by atoms with Gasteiger partial charge in [-0.05, 0) is 24.3 Å². The fourth-order valence-electron chi connectivity index (χ4n) is 2.20. The predicted octanol–water partition coefficient (Wildman–Crippen LogP) is 3.10. The molecule has 0 saturated carbocycles. The SMILES string of the molecule is CC1(CNc2c([N+](=O)[O-])ccc(F)c2F)CCOCC1. The average Bonchev–Trinajstić information content (AvgIpc) is 2.41. The monoisotopic (exact) mass is 286 g/mol. The molecule has 0 aromatic heterocycles. The molecule has 20 heavy (non-hydrogen) atoms. The molecule has 0 aliphatic carbocycles. The van der Waals surface area contributed by atoms with Crippen LogP contribution >= 0.6 is 0 Å². The standard InChI is InChI=1S/C13H16F2N2O3/c1-13(4-6-20-7-5-13)8-16-12-10(17(18)19)3-2-9(14)11(12)15/h2-3,16H,4-8H2,1H3. The number of halogens is 2. The van der Waals surface area contributed by atoms with Crippen molar-refractivity contribution in [3.05, 3.63) is 33.9 Å². The van der Waals surface area contributed by atoms with Crippen molar-refractivity contribution in [1.82, 2.24) is 0 Å². The van der Waals surface area contributed by atoms with Crippen LogP contribution < -0.4 is 5.32 Å². The Morgan fingerprint density at radius 1 is 1.40 bits per heavy atom. The minimum Gasteiger partial charge on any atom is -0.381 e. The minimum atomic E-state index is -1.21. The molecule has 1 aliphatic rings. The van der Waals surface area contributed by atoms with Crippen LogP contribution in [0.3, 0.4) is 0 Å². The van der Waals surface area contributed by atoms with Crippen LogP contribution in [0.15, 0.2) is 12.1 Å². The van der Waals surface area contributed by atoms with E-state index in [2.05, 4.69) is 5.32 Å². The number of hydrogen-bond donors (Lipinski definition) is 1. The summed E-state index contributed by atoms with van der Waals surface area (Å²) in [5, 5.41) is 13.6. The molecule has 0 radical (unpaired) electrons. The van der Waals surface area contributed by atoms with Crippen molar-refractivity contribution in [2.24, 2.45) is 5.41 Å². The van der Waals surface area contributed by atoms with Gasteiger partial charge in [0.05, 0.1) is 4.92 Å². The van der Waals surface area contributed by atoms with Crippen molar-refractivity contribution in [3.8, 4) is 0 Å². The fraction of sp³-hybridized carbons (Fsp3) is 0.538. The van der Waals surface area contributed by atoms with E-state index >= 15 is 0 Å². The lowest BCUT2D eigenvalue weighted by molar-refractivity contribution is -0.384. The van der Waals surface area contributed by atoms with E-state index in [0.29, 0.717) is 19.8 Å². The topological polar surface area (TPSA) is 64.4 Å². The van der Waals surface area contributed by atoms with Crippen LogP contribution in [0.2, 0.25) is 0 Å². The first-order valence-electron chi connectivity index (χ1n) is 6.37. The van der Waals surface area contributed by atoms with Crippen LogP contribution in [-0.2, 0) is 4.74 Å². The third-order valence-electron chi connectivity index (χ3n) is 3.66. The van der Waals surface area contributed by atoms with Crippen LogP contribution in [0.4, 0.5) is 20.2 Å². The summed E-state index contributed by atoms with van der Waals surface area (Å²) in [6, 6.07) is 1.72. The maximum atomic E-state index is 13.7. The number of anilines is 1. The Bertz CT molecular complexity index is 517. The first-order chi connectivity index (χ1) is 9.43. The zero-order chi connectivity index (χ0) is 14.8. The summed E-state index contributed by atoms with van der Waals surface area (Å²) in [7, 11) is 0. The van der Waals surface area contributed by atoms with Gasteiger partial charge >= 0.3 is 0 Å². The van der Waals surface area contributed by atoms with Gasteiger partial charge in [0.2, 0.25) is 0 Å². The Labute approximate surface area is 115 Å². The molecule has 1 aliphatic heterocycles. The highest BCUT2D eigenvalue weighted by Crippen LogP contribution is 2.33. The second-order valence-electron chi connectivity index (χ2n) is 5.29. The van der Waals surface area contributed by atoms with Crippen LogP contribution in [0, 0.1) is 27.2 Å². The highest BCUT2D eigenvalue weighted by atomic mass is 19.2. The van der Waals surface area contributed by atoms with Gasteiger partial charge in [0.1, 0.15) is 0 Å². The van der Waals surface area contributed by atoms with Crippen molar-refractivity contribution >= 4 is 11.4 Å².